The summed E-state index contributed by atoms with van der Waals surface area (Å²) in [6.45, 7) is 0.607. The summed E-state index contributed by atoms with van der Waals surface area (Å²) < 4.78 is 0.933. The molecule has 0 radical (unpaired) electrons. The van der Waals surface area contributed by atoms with E-state index in [1.807, 2.05) is 6.07 Å². The van der Waals surface area contributed by atoms with Gasteiger partial charge in [0, 0.05) is 10.9 Å². The molecule has 0 aliphatic heterocycles. The topological polar surface area (TPSA) is 64.9 Å². The molecule has 4 N–H and O–H groups in total. The third-order valence-electron chi connectivity index (χ3n) is 1.32. The average molecular weight is 216 g/mol. The first kappa shape index (κ1) is 8.49. The van der Waals surface area contributed by atoms with Gasteiger partial charge in [-0.15, -0.1) is 0 Å². The van der Waals surface area contributed by atoms with Crippen molar-refractivity contribution in [2.45, 2.75) is 6.42 Å². The van der Waals surface area contributed by atoms with E-state index in [1.54, 1.807) is 6.20 Å². The van der Waals surface area contributed by atoms with Crippen molar-refractivity contribution >= 4 is 21.6 Å². The van der Waals surface area contributed by atoms with Gasteiger partial charge in [0.15, 0.2) is 0 Å². The second-order valence-electron chi connectivity index (χ2n) is 2.24. The van der Waals surface area contributed by atoms with E-state index in [0.717, 1.165) is 16.6 Å². The van der Waals surface area contributed by atoms with Gasteiger partial charge >= 0.3 is 0 Å². The number of halogens is 1. The van der Waals surface area contributed by atoms with Gasteiger partial charge in [0.05, 0.1) is 17.6 Å². The molecule has 0 saturated carbocycles. The number of nitrogen functional groups attached to an aromatic ring is 1. The number of hydrogen-bond donors (Lipinski definition) is 2. The average Bonchev–Trinajstić information content (AvgIpc) is 1.95. The number of anilines is 1. The Morgan fingerprint density at radius 3 is 2.82 bits per heavy atom. The molecule has 0 aliphatic carbocycles. The third-order valence-corrected chi connectivity index (χ3v) is 2.01. The minimum absolute atomic E-state index is 0.607. The summed E-state index contributed by atoms with van der Waals surface area (Å²) in [6, 6.07) is 1.83. The Morgan fingerprint density at radius 2 is 2.27 bits per heavy atom. The Balaban J connectivity index is 2.90. The highest BCUT2D eigenvalue weighted by molar-refractivity contribution is 9.10. The Bertz CT molecular complexity index is 249. The van der Waals surface area contributed by atoms with Gasteiger partial charge in [-0.1, -0.05) is 0 Å². The van der Waals surface area contributed by atoms with Gasteiger partial charge in [0.25, 0.3) is 0 Å². The maximum atomic E-state index is 5.50. The van der Waals surface area contributed by atoms with Crippen molar-refractivity contribution in [3.05, 3.63) is 22.4 Å². The van der Waals surface area contributed by atoms with Crippen LogP contribution in [0.25, 0.3) is 0 Å². The molecule has 0 unspecified atom stereocenters. The largest absolute Gasteiger partial charge is 0.397 e. The summed E-state index contributed by atoms with van der Waals surface area (Å²) in [5.41, 5.74) is 12.5. The van der Waals surface area contributed by atoms with Crippen LogP contribution in [-0.4, -0.2) is 11.5 Å². The maximum absolute atomic E-state index is 5.50. The summed E-state index contributed by atoms with van der Waals surface area (Å²) in [7, 11) is 0. The fourth-order valence-corrected chi connectivity index (χ4v) is 1.37. The van der Waals surface area contributed by atoms with Crippen LogP contribution in [0.1, 0.15) is 5.69 Å². The zero-order chi connectivity index (χ0) is 8.27. The highest BCUT2D eigenvalue weighted by Gasteiger charge is 1.99. The fourth-order valence-electron chi connectivity index (χ4n) is 0.802. The number of hydrogen-bond acceptors (Lipinski definition) is 3. The molecule has 3 nitrogen and oxygen atoms in total. The second-order valence-corrected chi connectivity index (χ2v) is 3.09. The second kappa shape index (κ2) is 3.69. The standard InChI is InChI=1S/C7H10BrN3/c8-6-3-5(10)4-11-7(6)1-2-9/h3-4H,1-2,9-10H2. The monoisotopic (exact) mass is 215 g/mol. The molecule has 60 valence electrons. The molecule has 0 aliphatic rings. The quantitative estimate of drug-likeness (QED) is 0.772. The van der Waals surface area contributed by atoms with Crippen LogP contribution in [0.3, 0.4) is 0 Å². The van der Waals surface area contributed by atoms with Crippen LogP contribution in [0.4, 0.5) is 5.69 Å². The summed E-state index contributed by atoms with van der Waals surface area (Å²) in [5.74, 6) is 0. The van der Waals surface area contributed by atoms with Crippen molar-refractivity contribution in [3.63, 3.8) is 0 Å². The molecule has 1 rings (SSSR count). The lowest BCUT2D eigenvalue weighted by Crippen LogP contribution is -2.05. The van der Waals surface area contributed by atoms with Crippen LogP contribution in [0.15, 0.2) is 16.7 Å². The van der Waals surface area contributed by atoms with Crippen LogP contribution in [0, 0.1) is 0 Å². The van der Waals surface area contributed by atoms with E-state index in [0.29, 0.717) is 12.2 Å². The van der Waals surface area contributed by atoms with Crippen LogP contribution in [0.2, 0.25) is 0 Å². The summed E-state index contributed by atoms with van der Waals surface area (Å²) in [5, 5.41) is 0. The minimum Gasteiger partial charge on any atom is -0.397 e. The molecule has 4 heteroatoms. The predicted octanol–water partition coefficient (Wildman–Crippen LogP) is 0.927. The molecule has 0 amide bonds. The highest BCUT2D eigenvalue weighted by Crippen LogP contribution is 2.16. The normalized spacial score (nSPS) is 10.0. The SMILES string of the molecule is NCCc1ncc(N)cc1Br. The minimum atomic E-state index is 0.607. The van der Waals surface area contributed by atoms with Gasteiger partial charge in [-0.25, -0.2) is 0 Å². The van der Waals surface area contributed by atoms with Gasteiger partial charge in [-0.2, -0.15) is 0 Å². The molecule has 0 aromatic carbocycles. The van der Waals surface area contributed by atoms with Crippen molar-refractivity contribution < 1.29 is 0 Å². The van der Waals surface area contributed by atoms with Crippen LogP contribution in [-0.2, 0) is 6.42 Å². The van der Waals surface area contributed by atoms with E-state index in [-0.39, 0.29) is 0 Å². The fraction of sp³-hybridized carbons (Fsp3) is 0.286. The molecule has 1 aromatic heterocycles. The van der Waals surface area contributed by atoms with Crippen molar-refractivity contribution in [2.24, 2.45) is 5.73 Å². The molecular weight excluding hydrogens is 206 g/mol. The molecule has 0 bridgehead atoms. The van der Waals surface area contributed by atoms with Gasteiger partial charge in [-0.05, 0) is 28.5 Å². The van der Waals surface area contributed by atoms with Crippen LogP contribution in [0.5, 0.6) is 0 Å². The lowest BCUT2D eigenvalue weighted by atomic mass is 10.2. The number of aromatic nitrogens is 1. The number of pyridine rings is 1. The third kappa shape index (κ3) is 2.17. The molecule has 1 aromatic rings. The van der Waals surface area contributed by atoms with Crippen molar-refractivity contribution in [1.29, 1.82) is 0 Å². The summed E-state index contributed by atoms with van der Waals surface area (Å²) in [6.07, 6.45) is 2.41. The Morgan fingerprint density at radius 1 is 1.55 bits per heavy atom. The Labute approximate surface area is 73.9 Å². The number of nitrogens with zero attached hydrogens (tertiary/aromatic N) is 1. The lowest BCUT2D eigenvalue weighted by molar-refractivity contribution is 0.917. The van der Waals surface area contributed by atoms with Gasteiger partial charge in [0.1, 0.15) is 0 Å². The van der Waals surface area contributed by atoms with Gasteiger partial charge in [-0.3, -0.25) is 4.98 Å². The van der Waals surface area contributed by atoms with Crippen molar-refractivity contribution in [1.82, 2.24) is 4.98 Å². The number of nitrogens with two attached hydrogens (primary N) is 2. The molecule has 0 saturated heterocycles. The molecule has 0 atom stereocenters. The first-order valence-corrected chi connectivity index (χ1v) is 4.13. The zero-order valence-electron chi connectivity index (χ0n) is 6.05. The highest BCUT2D eigenvalue weighted by atomic mass is 79.9. The summed E-state index contributed by atoms with van der Waals surface area (Å²) >= 11 is 3.35. The van der Waals surface area contributed by atoms with Crippen LogP contribution >= 0.6 is 15.9 Å². The van der Waals surface area contributed by atoms with E-state index in [2.05, 4.69) is 20.9 Å². The summed E-state index contributed by atoms with van der Waals surface area (Å²) in [4.78, 5) is 4.12. The van der Waals surface area contributed by atoms with Crippen molar-refractivity contribution in [3.8, 4) is 0 Å². The smallest absolute Gasteiger partial charge is 0.0559 e. The molecule has 11 heavy (non-hydrogen) atoms. The molecule has 0 spiro atoms. The van der Waals surface area contributed by atoms with Crippen LogP contribution < -0.4 is 11.5 Å². The van der Waals surface area contributed by atoms with Gasteiger partial charge in [0.2, 0.25) is 0 Å². The number of rotatable bonds is 2. The molecule has 0 fully saturated rings. The van der Waals surface area contributed by atoms with E-state index in [4.69, 9.17) is 11.5 Å². The van der Waals surface area contributed by atoms with E-state index in [9.17, 15) is 0 Å². The Hall–Kier alpha value is -0.610. The maximum Gasteiger partial charge on any atom is 0.0559 e. The van der Waals surface area contributed by atoms with Gasteiger partial charge < -0.3 is 11.5 Å². The first-order chi connectivity index (χ1) is 5.24. The van der Waals surface area contributed by atoms with E-state index >= 15 is 0 Å². The molecular formula is C7H10BrN3. The molecule has 1 heterocycles. The van der Waals surface area contributed by atoms with Crippen molar-refractivity contribution in [2.75, 3.05) is 12.3 Å². The van der Waals surface area contributed by atoms with E-state index < -0.39 is 0 Å². The first-order valence-electron chi connectivity index (χ1n) is 3.34. The zero-order valence-corrected chi connectivity index (χ0v) is 7.63. The predicted molar refractivity (Wildman–Crippen MR) is 49.1 cm³/mol. The van der Waals surface area contributed by atoms with E-state index in [1.165, 1.54) is 0 Å². The Kier molecular flexibility index (Phi) is 2.84. The lowest BCUT2D eigenvalue weighted by Gasteiger charge is -2.01.